The standard InChI is InChI=1S/C17H26N2O2/c1-6-18-14-7-8-15(12(2)9-14)16(20)19-10-13(3)21-17(4,5)11-19/h7-9,13,18H,6,10-11H2,1-5H3. The van der Waals surface area contributed by atoms with Crippen LogP contribution in [0, 0.1) is 6.92 Å². The van der Waals surface area contributed by atoms with Crippen molar-refractivity contribution in [3.8, 4) is 0 Å². The van der Waals surface area contributed by atoms with Crippen molar-refractivity contribution in [2.24, 2.45) is 0 Å². The number of morpholine rings is 1. The smallest absolute Gasteiger partial charge is 0.254 e. The Morgan fingerprint density at radius 1 is 1.48 bits per heavy atom. The molecule has 1 aliphatic rings. The Hall–Kier alpha value is -1.55. The molecule has 4 heteroatoms. The van der Waals surface area contributed by atoms with E-state index in [0.29, 0.717) is 13.1 Å². The quantitative estimate of drug-likeness (QED) is 0.930. The summed E-state index contributed by atoms with van der Waals surface area (Å²) in [4.78, 5) is 14.7. The average molecular weight is 290 g/mol. The van der Waals surface area contributed by atoms with Crippen LogP contribution >= 0.6 is 0 Å². The zero-order chi connectivity index (χ0) is 15.6. The van der Waals surface area contributed by atoms with Crippen LogP contribution in [0.25, 0.3) is 0 Å². The van der Waals surface area contributed by atoms with Crippen LogP contribution in [0.3, 0.4) is 0 Å². The fraction of sp³-hybridized carbons (Fsp3) is 0.588. The second-order valence-electron chi connectivity index (χ2n) is 6.43. The Morgan fingerprint density at radius 2 is 2.19 bits per heavy atom. The zero-order valence-electron chi connectivity index (χ0n) is 13.7. The molecule has 0 bridgehead atoms. The minimum absolute atomic E-state index is 0.0686. The first-order chi connectivity index (χ1) is 9.82. The number of carbonyl (C=O) groups excluding carboxylic acids is 1. The third-order valence-corrected chi connectivity index (χ3v) is 3.69. The second-order valence-corrected chi connectivity index (χ2v) is 6.43. The predicted octanol–water partition coefficient (Wildman–Crippen LogP) is 3.07. The summed E-state index contributed by atoms with van der Waals surface area (Å²) in [6.45, 7) is 12.3. The normalized spacial score (nSPS) is 21.2. The van der Waals surface area contributed by atoms with Gasteiger partial charge in [0.05, 0.1) is 11.7 Å². The highest BCUT2D eigenvalue weighted by Gasteiger charge is 2.34. The van der Waals surface area contributed by atoms with E-state index >= 15 is 0 Å². The van der Waals surface area contributed by atoms with Gasteiger partial charge < -0.3 is 15.0 Å². The fourth-order valence-corrected chi connectivity index (χ4v) is 3.00. The van der Waals surface area contributed by atoms with Gasteiger partial charge in [-0.1, -0.05) is 0 Å². The summed E-state index contributed by atoms with van der Waals surface area (Å²) >= 11 is 0. The van der Waals surface area contributed by atoms with Gasteiger partial charge in [-0.3, -0.25) is 4.79 Å². The monoisotopic (exact) mass is 290 g/mol. The van der Waals surface area contributed by atoms with Gasteiger partial charge in [0, 0.05) is 30.9 Å². The maximum atomic E-state index is 12.8. The molecular weight excluding hydrogens is 264 g/mol. The Bertz CT molecular complexity index is 526. The fourth-order valence-electron chi connectivity index (χ4n) is 3.00. The molecule has 1 saturated heterocycles. The van der Waals surface area contributed by atoms with E-state index in [2.05, 4.69) is 12.2 Å². The molecule has 0 radical (unpaired) electrons. The van der Waals surface area contributed by atoms with E-state index in [1.807, 2.05) is 50.8 Å². The molecule has 1 aromatic rings. The molecule has 1 heterocycles. The van der Waals surface area contributed by atoms with Crippen LogP contribution in [-0.4, -0.2) is 42.1 Å². The van der Waals surface area contributed by atoms with Gasteiger partial charge >= 0.3 is 0 Å². The van der Waals surface area contributed by atoms with Crippen LogP contribution in [0.5, 0.6) is 0 Å². The first-order valence-corrected chi connectivity index (χ1v) is 7.64. The highest BCUT2D eigenvalue weighted by molar-refractivity contribution is 5.96. The summed E-state index contributed by atoms with van der Waals surface area (Å²) in [5, 5.41) is 3.27. The molecule has 1 N–H and O–H groups in total. The topological polar surface area (TPSA) is 41.6 Å². The maximum Gasteiger partial charge on any atom is 0.254 e. The number of carbonyl (C=O) groups is 1. The van der Waals surface area contributed by atoms with Crippen LogP contribution in [0.4, 0.5) is 5.69 Å². The van der Waals surface area contributed by atoms with Crippen LogP contribution in [0.1, 0.15) is 43.6 Å². The molecule has 21 heavy (non-hydrogen) atoms. The SMILES string of the molecule is CCNc1ccc(C(=O)N2CC(C)OC(C)(C)C2)c(C)c1. The third kappa shape index (κ3) is 3.76. The second kappa shape index (κ2) is 6.06. The molecule has 1 unspecified atom stereocenters. The lowest BCUT2D eigenvalue weighted by molar-refractivity contribution is -0.118. The minimum Gasteiger partial charge on any atom is -0.385 e. The molecule has 1 aliphatic heterocycles. The highest BCUT2D eigenvalue weighted by Crippen LogP contribution is 2.24. The Kier molecular flexibility index (Phi) is 4.57. The van der Waals surface area contributed by atoms with E-state index in [1.165, 1.54) is 0 Å². The van der Waals surface area contributed by atoms with Crippen molar-refractivity contribution < 1.29 is 9.53 Å². The van der Waals surface area contributed by atoms with Gasteiger partial charge in [0.1, 0.15) is 0 Å². The Balaban J connectivity index is 2.19. The molecule has 0 aliphatic carbocycles. The first-order valence-electron chi connectivity index (χ1n) is 7.64. The molecule has 4 nitrogen and oxygen atoms in total. The number of aryl methyl sites for hydroxylation is 1. The molecule has 0 spiro atoms. The molecule has 1 amide bonds. The van der Waals surface area contributed by atoms with Gasteiger partial charge in [0.25, 0.3) is 5.91 Å². The number of nitrogens with one attached hydrogen (secondary N) is 1. The molecule has 2 rings (SSSR count). The summed E-state index contributed by atoms with van der Waals surface area (Å²) < 4.78 is 5.87. The van der Waals surface area contributed by atoms with Crippen molar-refractivity contribution in [3.63, 3.8) is 0 Å². The summed E-state index contributed by atoms with van der Waals surface area (Å²) in [6, 6.07) is 5.92. The van der Waals surface area contributed by atoms with Crippen molar-refractivity contribution in [2.75, 3.05) is 25.0 Å². The number of anilines is 1. The van der Waals surface area contributed by atoms with Crippen LogP contribution in [0.15, 0.2) is 18.2 Å². The van der Waals surface area contributed by atoms with E-state index in [1.54, 1.807) is 0 Å². The van der Waals surface area contributed by atoms with Gasteiger partial charge in [-0.2, -0.15) is 0 Å². The highest BCUT2D eigenvalue weighted by atomic mass is 16.5. The minimum atomic E-state index is -0.287. The number of rotatable bonds is 3. The molecule has 1 fully saturated rings. The molecule has 1 atom stereocenters. The van der Waals surface area contributed by atoms with Gasteiger partial charge in [-0.05, 0) is 58.4 Å². The average Bonchev–Trinajstić information content (AvgIpc) is 2.36. The largest absolute Gasteiger partial charge is 0.385 e. The Labute approximate surface area is 127 Å². The van der Waals surface area contributed by atoms with Crippen LogP contribution < -0.4 is 5.32 Å². The number of hydrogen-bond acceptors (Lipinski definition) is 3. The molecular formula is C17H26N2O2. The van der Waals surface area contributed by atoms with Gasteiger partial charge in [0.2, 0.25) is 0 Å². The number of nitrogens with zero attached hydrogens (tertiary/aromatic N) is 1. The third-order valence-electron chi connectivity index (χ3n) is 3.69. The number of benzene rings is 1. The first kappa shape index (κ1) is 15.8. The van der Waals surface area contributed by atoms with Crippen molar-refractivity contribution >= 4 is 11.6 Å². The lowest BCUT2D eigenvalue weighted by Gasteiger charge is -2.41. The van der Waals surface area contributed by atoms with E-state index in [4.69, 9.17) is 4.74 Å². The number of hydrogen-bond donors (Lipinski definition) is 1. The van der Waals surface area contributed by atoms with Crippen molar-refractivity contribution in [1.29, 1.82) is 0 Å². The van der Waals surface area contributed by atoms with E-state index < -0.39 is 0 Å². The van der Waals surface area contributed by atoms with Gasteiger partial charge in [0.15, 0.2) is 0 Å². The summed E-state index contributed by atoms with van der Waals surface area (Å²) in [5.74, 6) is 0.0961. The molecule has 0 saturated carbocycles. The number of ether oxygens (including phenoxy) is 1. The lowest BCUT2D eigenvalue weighted by atomic mass is 10.0. The van der Waals surface area contributed by atoms with Gasteiger partial charge in [-0.25, -0.2) is 0 Å². The molecule has 116 valence electrons. The summed E-state index contributed by atoms with van der Waals surface area (Å²) in [6.07, 6.45) is 0.0686. The van der Waals surface area contributed by atoms with E-state index in [-0.39, 0.29) is 17.6 Å². The van der Waals surface area contributed by atoms with Crippen LogP contribution in [0.2, 0.25) is 0 Å². The van der Waals surface area contributed by atoms with Gasteiger partial charge in [-0.15, -0.1) is 0 Å². The van der Waals surface area contributed by atoms with Crippen molar-refractivity contribution in [3.05, 3.63) is 29.3 Å². The Morgan fingerprint density at radius 3 is 2.76 bits per heavy atom. The van der Waals surface area contributed by atoms with Crippen molar-refractivity contribution in [2.45, 2.75) is 46.3 Å². The van der Waals surface area contributed by atoms with Crippen molar-refractivity contribution in [1.82, 2.24) is 4.90 Å². The lowest BCUT2D eigenvalue weighted by Crippen LogP contribution is -2.53. The summed E-state index contributed by atoms with van der Waals surface area (Å²) in [5.41, 5.74) is 2.56. The summed E-state index contributed by atoms with van der Waals surface area (Å²) in [7, 11) is 0. The van der Waals surface area contributed by atoms with E-state index in [0.717, 1.165) is 23.4 Å². The van der Waals surface area contributed by atoms with Crippen LogP contribution in [-0.2, 0) is 4.74 Å². The molecule has 0 aromatic heterocycles. The zero-order valence-corrected chi connectivity index (χ0v) is 13.7. The maximum absolute atomic E-state index is 12.8. The predicted molar refractivity (Wildman–Crippen MR) is 85.9 cm³/mol. The number of amides is 1. The van der Waals surface area contributed by atoms with E-state index in [9.17, 15) is 4.79 Å². The molecule has 1 aromatic carbocycles.